The van der Waals surface area contributed by atoms with E-state index in [4.69, 9.17) is 4.74 Å². The van der Waals surface area contributed by atoms with Gasteiger partial charge in [-0.1, -0.05) is 109 Å². The third-order valence-electron chi connectivity index (χ3n) is 10.2. The molecule has 3 heterocycles. The molecule has 3 nitrogen and oxygen atoms in total. The van der Waals surface area contributed by atoms with Gasteiger partial charge in [0.2, 0.25) is 0 Å². The number of hydrogen-bond acceptors (Lipinski definition) is 3. The van der Waals surface area contributed by atoms with Gasteiger partial charge < -0.3 is 14.6 Å². The Hall–Kier alpha value is -6.10. The molecule has 2 aromatic heterocycles. The van der Waals surface area contributed by atoms with Crippen molar-refractivity contribution in [2.24, 2.45) is 0 Å². The number of nitrogens with zero attached hydrogens (tertiary/aromatic N) is 1. The van der Waals surface area contributed by atoms with E-state index in [1.54, 1.807) is 0 Å². The van der Waals surface area contributed by atoms with Crippen molar-refractivity contribution in [1.29, 1.82) is 0 Å². The molecule has 1 aliphatic heterocycles. The van der Waals surface area contributed by atoms with Gasteiger partial charge in [-0.3, -0.25) is 0 Å². The van der Waals surface area contributed by atoms with E-state index in [1.807, 2.05) is 11.3 Å². The van der Waals surface area contributed by atoms with Gasteiger partial charge in [-0.05, 0) is 75.8 Å². The zero-order chi connectivity index (χ0) is 32.1. The number of para-hydroxylation sites is 1. The van der Waals surface area contributed by atoms with E-state index < -0.39 is 0 Å². The lowest BCUT2D eigenvalue weighted by Gasteiger charge is -2.14. The third-order valence-corrected chi connectivity index (χ3v) is 11.3. The Kier molecular flexibility index (Phi) is 5.60. The molecule has 1 atom stereocenters. The minimum atomic E-state index is -0.271. The van der Waals surface area contributed by atoms with E-state index in [0.717, 1.165) is 22.7 Å². The molecule has 0 fully saturated rings. The first kappa shape index (κ1) is 26.9. The maximum atomic E-state index is 6.79. The lowest BCUT2D eigenvalue weighted by Crippen LogP contribution is -2.10. The summed E-state index contributed by atoms with van der Waals surface area (Å²) in [7, 11) is 0. The molecule has 10 aromatic rings. The summed E-state index contributed by atoms with van der Waals surface area (Å²) in [6.45, 7) is 0. The summed E-state index contributed by atoms with van der Waals surface area (Å²) < 4.78 is 11.7. The number of benzene rings is 8. The molecule has 0 saturated carbocycles. The third kappa shape index (κ3) is 4.01. The number of aromatic nitrogens is 1. The van der Waals surface area contributed by atoms with Crippen LogP contribution in [0.5, 0.6) is 5.75 Å². The second kappa shape index (κ2) is 10.2. The van der Waals surface area contributed by atoms with Crippen LogP contribution in [0.1, 0.15) is 11.8 Å². The average molecular weight is 645 g/mol. The molecule has 4 heteroatoms. The first-order chi connectivity index (χ1) is 24.3. The molecule has 1 unspecified atom stereocenters. The van der Waals surface area contributed by atoms with E-state index >= 15 is 0 Å². The number of nitrogens with one attached hydrogen (secondary N) is 1. The van der Waals surface area contributed by atoms with Crippen LogP contribution in [0.15, 0.2) is 158 Å². The largest absolute Gasteiger partial charge is 0.464 e. The van der Waals surface area contributed by atoms with Crippen molar-refractivity contribution in [3.63, 3.8) is 0 Å². The van der Waals surface area contributed by atoms with Gasteiger partial charge in [0.15, 0.2) is 12.0 Å². The van der Waals surface area contributed by atoms with Crippen LogP contribution in [0.2, 0.25) is 0 Å². The molecule has 11 rings (SSSR count). The summed E-state index contributed by atoms with van der Waals surface area (Å²) in [4.78, 5) is 0. The summed E-state index contributed by atoms with van der Waals surface area (Å²) in [6.07, 6.45) is -0.271. The van der Waals surface area contributed by atoms with Crippen LogP contribution < -0.4 is 10.1 Å². The molecule has 1 aliphatic rings. The van der Waals surface area contributed by atoms with E-state index in [0.29, 0.717) is 0 Å². The lowest BCUT2D eigenvalue weighted by atomic mass is 9.99. The van der Waals surface area contributed by atoms with Gasteiger partial charge in [-0.25, -0.2) is 0 Å². The molecule has 0 amide bonds. The fourth-order valence-electron chi connectivity index (χ4n) is 7.86. The Morgan fingerprint density at radius 2 is 1.24 bits per heavy atom. The molecule has 0 bridgehead atoms. The molecule has 1 N–H and O–H groups in total. The van der Waals surface area contributed by atoms with E-state index in [9.17, 15) is 0 Å². The molecule has 0 radical (unpaired) electrons. The number of anilines is 1. The van der Waals surface area contributed by atoms with Crippen LogP contribution in [0.25, 0.3) is 80.3 Å². The van der Waals surface area contributed by atoms with Crippen molar-refractivity contribution in [3.05, 3.63) is 163 Å². The summed E-state index contributed by atoms with van der Waals surface area (Å²) in [5.41, 5.74) is 8.14. The summed E-state index contributed by atoms with van der Waals surface area (Å²) in [6, 6.07) is 57.2. The highest BCUT2D eigenvalue weighted by Gasteiger charge is 2.27. The van der Waals surface area contributed by atoms with Crippen molar-refractivity contribution in [3.8, 4) is 22.6 Å². The van der Waals surface area contributed by atoms with Crippen molar-refractivity contribution < 1.29 is 4.74 Å². The first-order valence-electron chi connectivity index (χ1n) is 16.7. The Morgan fingerprint density at radius 1 is 0.531 bits per heavy atom. The van der Waals surface area contributed by atoms with Crippen LogP contribution in [-0.4, -0.2) is 4.57 Å². The highest BCUT2D eigenvalue weighted by atomic mass is 32.1. The number of thiophene rings is 1. The van der Waals surface area contributed by atoms with Crippen molar-refractivity contribution in [2.45, 2.75) is 6.23 Å². The molecule has 8 aromatic carbocycles. The highest BCUT2D eigenvalue weighted by molar-refractivity contribution is 7.25. The summed E-state index contributed by atoms with van der Waals surface area (Å²) >= 11 is 1.82. The normalized spacial score (nSPS) is 14.2. The van der Waals surface area contributed by atoms with Crippen LogP contribution in [0.4, 0.5) is 5.69 Å². The van der Waals surface area contributed by atoms with Crippen LogP contribution in [0.3, 0.4) is 0 Å². The number of rotatable bonds is 3. The monoisotopic (exact) mass is 644 g/mol. The molecule has 0 spiro atoms. The zero-order valence-corrected chi connectivity index (χ0v) is 27.2. The zero-order valence-electron chi connectivity index (χ0n) is 26.4. The maximum absolute atomic E-state index is 6.79. The SMILES string of the molecule is c1ccc2cc(-c3ccc4sc5ccc6c(c5c4c3)OC(c3ccc(-n4c5ccccc5c5ccc7ccccc7c54)cc3)N6)ccc2c1. The topological polar surface area (TPSA) is 26.2 Å². The number of ether oxygens (including phenoxy) is 1. The van der Waals surface area contributed by atoms with Gasteiger partial charge in [0.1, 0.15) is 0 Å². The number of fused-ring (bicyclic) bond motifs is 11. The van der Waals surface area contributed by atoms with Gasteiger partial charge in [-0.15, -0.1) is 11.3 Å². The molecule has 230 valence electrons. The van der Waals surface area contributed by atoms with Gasteiger partial charge in [-0.2, -0.15) is 0 Å². The Morgan fingerprint density at radius 3 is 2.14 bits per heavy atom. The van der Waals surface area contributed by atoms with Crippen LogP contribution >= 0.6 is 11.3 Å². The van der Waals surface area contributed by atoms with Crippen molar-refractivity contribution in [1.82, 2.24) is 4.57 Å². The second-order valence-corrected chi connectivity index (χ2v) is 14.0. The van der Waals surface area contributed by atoms with Crippen molar-refractivity contribution >= 4 is 80.5 Å². The predicted octanol–water partition coefficient (Wildman–Crippen LogP) is 12.6. The van der Waals surface area contributed by atoms with E-state index in [-0.39, 0.29) is 6.23 Å². The van der Waals surface area contributed by atoms with Crippen LogP contribution in [-0.2, 0) is 0 Å². The van der Waals surface area contributed by atoms with E-state index in [2.05, 4.69) is 168 Å². The summed E-state index contributed by atoms with van der Waals surface area (Å²) in [5, 5.41) is 13.6. The molecule has 49 heavy (non-hydrogen) atoms. The minimum Gasteiger partial charge on any atom is -0.464 e. The van der Waals surface area contributed by atoms with Gasteiger partial charge in [0.25, 0.3) is 0 Å². The standard InChI is InChI=1S/C45H28N2OS/c1-2-9-30-25-31(14-13-27(30)7-1)32-18-23-40-37(26-32)42-41(49-40)24-22-38-44(42)48-45(46-38)29-15-19-33(20-16-29)47-39-12-6-5-11-35(39)36-21-17-28-8-3-4-10-34(28)43(36)47/h1-26,45-46H. The smallest absolute Gasteiger partial charge is 0.196 e. The van der Waals surface area contributed by atoms with Crippen LogP contribution in [0, 0.1) is 0 Å². The Balaban J connectivity index is 0.983. The fourth-order valence-corrected chi connectivity index (χ4v) is 8.94. The Labute approximate surface area is 286 Å². The average Bonchev–Trinajstić information content (AvgIpc) is 3.86. The lowest BCUT2D eigenvalue weighted by molar-refractivity contribution is 0.263. The fraction of sp³-hybridized carbons (Fsp3) is 0.0222. The number of hydrogen-bond donors (Lipinski definition) is 1. The van der Waals surface area contributed by atoms with E-state index in [1.165, 1.54) is 74.6 Å². The summed E-state index contributed by atoms with van der Waals surface area (Å²) in [5.74, 6) is 0.933. The molecule has 0 aliphatic carbocycles. The van der Waals surface area contributed by atoms with Crippen molar-refractivity contribution in [2.75, 3.05) is 5.32 Å². The van der Waals surface area contributed by atoms with Gasteiger partial charge in [0.05, 0.1) is 16.7 Å². The highest BCUT2D eigenvalue weighted by Crippen LogP contribution is 2.49. The quantitative estimate of drug-likeness (QED) is 0.207. The molecular weight excluding hydrogens is 617 g/mol. The Bertz CT molecular complexity index is 2950. The second-order valence-electron chi connectivity index (χ2n) is 13.0. The predicted molar refractivity (Wildman–Crippen MR) is 208 cm³/mol. The molecular formula is C45H28N2OS. The molecule has 0 saturated heterocycles. The maximum Gasteiger partial charge on any atom is 0.196 e. The van der Waals surface area contributed by atoms with Gasteiger partial charge >= 0.3 is 0 Å². The minimum absolute atomic E-state index is 0.271. The first-order valence-corrected chi connectivity index (χ1v) is 17.5. The van der Waals surface area contributed by atoms with Gasteiger partial charge in [0, 0.05) is 47.6 Å².